The van der Waals surface area contributed by atoms with Crippen molar-refractivity contribution in [3.63, 3.8) is 0 Å². The number of sulfonamides is 1. The van der Waals surface area contributed by atoms with Gasteiger partial charge in [-0.15, -0.1) is 0 Å². The highest BCUT2D eigenvalue weighted by atomic mass is 35.5. The molecule has 0 aromatic heterocycles. The minimum absolute atomic E-state index is 0.118. The van der Waals surface area contributed by atoms with Crippen LogP contribution in [0.3, 0.4) is 0 Å². The highest BCUT2D eigenvalue weighted by Crippen LogP contribution is 2.29. The molecule has 0 atom stereocenters. The van der Waals surface area contributed by atoms with Crippen molar-refractivity contribution >= 4 is 38.9 Å². The topological polar surface area (TPSA) is 66.5 Å². The summed E-state index contributed by atoms with van der Waals surface area (Å²) in [7, 11) is -3.98. The summed E-state index contributed by atoms with van der Waals surface area (Å²) in [5.41, 5.74) is 4.64. The number of nitrogens with one attached hydrogen (secondary N) is 1. The van der Waals surface area contributed by atoms with Gasteiger partial charge >= 0.3 is 0 Å². The highest BCUT2D eigenvalue weighted by Gasteiger charge is 2.28. The fourth-order valence-corrected chi connectivity index (χ4v) is 4.95. The van der Waals surface area contributed by atoms with E-state index in [2.05, 4.69) is 5.32 Å². The smallest absolute Gasteiger partial charge is 0.264 e. The number of halogens is 1. The number of aryl methyl sites for hydroxylation is 3. The molecule has 3 aromatic carbocycles. The lowest BCUT2D eigenvalue weighted by Gasteiger charge is -2.26. The van der Waals surface area contributed by atoms with Gasteiger partial charge in [0.05, 0.1) is 10.6 Å². The van der Waals surface area contributed by atoms with E-state index in [0.717, 1.165) is 21.0 Å². The molecule has 0 saturated carbocycles. The van der Waals surface area contributed by atoms with Gasteiger partial charge in [-0.05, 0) is 80.8 Å². The van der Waals surface area contributed by atoms with Crippen LogP contribution >= 0.6 is 11.6 Å². The molecule has 3 aromatic rings. The number of amides is 1. The van der Waals surface area contributed by atoms with E-state index in [-0.39, 0.29) is 11.4 Å². The van der Waals surface area contributed by atoms with Crippen LogP contribution in [-0.2, 0) is 14.8 Å². The molecule has 31 heavy (non-hydrogen) atoms. The van der Waals surface area contributed by atoms with Gasteiger partial charge in [0.15, 0.2) is 0 Å². The maximum absolute atomic E-state index is 13.5. The number of carbonyl (C=O) groups excluding carboxylic acids is 1. The van der Waals surface area contributed by atoms with Gasteiger partial charge in [-0.1, -0.05) is 41.4 Å². The molecule has 0 aliphatic rings. The second-order valence-electron chi connectivity index (χ2n) is 7.55. The minimum atomic E-state index is -3.98. The Morgan fingerprint density at radius 2 is 1.61 bits per heavy atom. The van der Waals surface area contributed by atoms with E-state index in [9.17, 15) is 13.2 Å². The lowest BCUT2D eigenvalue weighted by atomic mass is 10.1. The fraction of sp³-hybridized carbons (Fsp3) is 0.208. The number of hydrogen-bond acceptors (Lipinski definition) is 3. The van der Waals surface area contributed by atoms with E-state index in [4.69, 9.17) is 11.6 Å². The summed E-state index contributed by atoms with van der Waals surface area (Å²) in [6.07, 6.45) is 0. The Labute approximate surface area is 188 Å². The molecule has 0 fully saturated rings. The zero-order valence-corrected chi connectivity index (χ0v) is 19.5. The molecule has 5 nitrogen and oxygen atoms in total. The molecule has 0 heterocycles. The first-order valence-electron chi connectivity index (χ1n) is 9.81. The predicted molar refractivity (Wildman–Crippen MR) is 126 cm³/mol. The molecular formula is C24H25ClN2O3S. The van der Waals surface area contributed by atoms with E-state index in [1.807, 2.05) is 32.9 Å². The van der Waals surface area contributed by atoms with Gasteiger partial charge in [0.1, 0.15) is 6.54 Å². The van der Waals surface area contributed by atoms with Gasteiger partial charge in [-0.25, -0.2) is 8.42 Å². The second-order valence-corrected chi connectivity index (χ2v) is 9.85. The zero-order valence-electron chi connectivity index (χ0n) is 17.9. The quantitative estimate of drug-likeness (QED) is 0.539. The molecular weight excluding hydrogens is 432 g/mol. The minimum Gasteiger partial charge on any atom is -0.324 e. The molecule has 7 heteroatoms. The Bertz CT molecular complexity index is 1220. The molecule has 0 saturated heterocycles. The SMILES string of the molecule is Cc1ccc(S(=O)(=O)N(CC(=O)Nc2cccc(C)c2C)c2ccc(Cl)cc2C)cc1. The molecule has 0 aliphatic carbocycles. The Morgan fingerprint density at radius 3 is 2.26 bits per heavy atom. The lowest BCUT2D eigenvalue weighted by molar-refractivity contribution is -0.114. The van der Waals surface area contributed by atoms with Crippen LogP contribution in [0, 0.1) is 27.7 Å². The average Bonchev–Trinajstić information content (AvgIpc) is 2.70. The maximum Gasteiger partial charge on any atom is 0.264 e. The molecule has 162 valence electrons. The normalized spacial score (nSPS) is 11.3. The van der Waals surface area contributed by atoms with Gasteiger partial charge in [-0.3, -0.25) is 9.10 Å². The van der Waals surface area contributed by atoms with Crippen LogP contribution in [0.2, 0.25) is 5.02 Å². The van der Waals surface area contributed by atoms with Crippen molar-refractivity contribution < 1.29 is 13.2 Å². The number of hydrogen-bond donors (Lipinski definition) is 1. The number of benzene rings is 3. The first kappa shape index (κ1) is 22.8. The van der Waals surface area contributed by atoms with Crippen molar-refractivity contribution in [3.8, 4) is 0 Å². The van der Waals surface area contributed by atoms with Crippen molar-refractivity contribution in [2.75, 3.05) is 16.2 Å². The van der Waals surface area contributed by atoms with Gasteiger partial charge in [-0.2, -0.15) is 0 Å². The first-order valence-corrected chi connectivity index (χ1v) is 11.6. The molecule has 0 unspecified atom stereocenters. The van der Waals surface area contributed by atoms with E-state index < -0.39 is 15.9 Å². The van der Waals surface area contributed by atoms with Crippen LogP contribution in [0.25, 0.3) is 0 Å². The van der Waals surface area contributed by atoms with E-state index in [1.54, 1.807) is 55.5 Å². The third kappa shape index (κ3) is 5.09. The lowest BCUT2D eigenvalue weighted by Crippen LogP contribution is -2.38. The van der Waals surface area contributed by atoms with Gasteiger partial charge in [0, 0.05) is 10.7 Å². The van der Waals surface area contributed by atoms with Crippen LogP contribution in [0.1, 0.15) is 22.3 Å². The van der Waals surface area contributed by atoms with Crippen molar-refractivity contribution in [3.05, 3.63) is 87.9 Å². The van der Waals surface area contributed by atoms with E-state index in [1.165, 1.54) is 0 Å². The summed E-state index contributed by atoms with van der Waals surface area (Å²) in [6, 6.07) is 17.1. The first-order chi connectivity index (χ1) is 14.6. The second kappa shape index (κ2) is 9.12. The zero-order chi connectivity index (χ0) is 22.8. The van der Waals surface area contributed by atoms with E-state index in [0.29, 0.717) is 22.0 Å². The molecule has 0 spiro atoms. The highest BCUT2D eigenvalue weighted by molar-refractivity contribution is 7.92. The van der Waals surface area contributed by atoms with E-state index >= 15 is 0 Å². The largest absolute Gasteiger partial charge is 0.324 e. The van der Waals surface area contributed by atoms with Crippen molar-refractivity contribution in [1.82, 2.24) is 0 Å². The van der Waals surface area contributed by atoms with Crippen LogP contribution in [0.15, 0.2) is 65.6 Å². The summed E-state index contributed by atoms with van der Waals surface area (Å²) >= 11 is 6.07. The fourth-order valence-electron chi connectivity index (χ4n) is 3.24. The Hall–Kier alpha value is -2.83. The number of nitrogens with zero attached hydrogens (tertiary/aromatic N) is 1. The van der Waals surface area contributed by atoms with Gasteiger partial charge in [0.2, 0.25) is 5.91 Å². The number of carbonyl (C=O) groups is 1. The monoisotopic (exact) mass is 456 g/mol. The van der Waals surface area contributed by atoms with Crippen molar-refractivity contribution in [1.29, 1.82) is 0 Å². The Balaban J connectivity index is 2.00. The molecule has 3 rings (SSSR count). The number of anilines is 2. The standard InChI is InChI=1S/C24H25ClN2O3S/c1-16-8-11-21(12-9-16)31(29,30)27(23-13-10-20(25)14-18(23)3)15-24(28)26-22-7-5-6-17(2)19(22)4/h5-14H,15H2,1-4H3,(H,26,28). The third-order valence-electron chi connectivity index (χ3n) is 5.20. The molecule has 0 bridgehead atoms. The van der Waals surface area contributed by atoms with Gasteiger partial charge in [0.25, 0.3) is 10.0 Å². The molecule has 1 amide bonds. The molecule has 0 aliphatic heterocycles. The van der Waals surface area contributed by atoms with Crippen LogP contribution in [0.5, 0.6) is 0 Å². The van der Waals surface area contributed by atoms with Gasteiger partial charge < -0.3 is 5.32 Å². The van der Waals surface area contributed by atoms with Crippen LogP contribution < -0.4 is 9.62 Å². The van der Waals surface area contributed by atoms with Crippen molar-refractivity contribution in [2.24, 2.45) is 0 Å². The third-order valence-corrected chi connectivity index (χ3v) is 7.21. The summed E-state index contributed by atoms with van der Waals surface area (Å²) in [6.45, 7) is 7.15. The summed E-state index contributed by atoms with van der Waals surface area (Å²) < 4.78 is 28.1. The molecule has 0 radical (unpaired) electrons. The molecule has 1 N–H and O–H groups in total. The predicted octanol–water partition coefficient (Wildman–Crippen LogP) is 5.41. The average molecular weight is 457 g/mol. The summed E-state index contributed by atoms with van der Waals surface area (Å²) in [5, 5.41) is 3.34. The maximum atomic E-state index is 13.5. The van der Waals surface area contributed by atoms with Crippen LogP contribution in [-0.4, -0.2) is 20.9 Å². The van der Waals surface area contributed by atoms with Crippen molar-refractivity contribution in [2.45, 2.75) is 32.6 Å². The Morgan fingerprint density at radius 1 is 0.935 bits per heavy atom. The Kier molecular flexibility index (Phi) is 6.72. The summed E-state index contributed by atoms with van der Waals surface area (Å²) in [5.74, 6) is -0.432. The summed E-state index contributed by atoms with van der Waals surface area (Å²) in [4.78, 5) is 13.0. The van der Waals surface area contributed by atoms with Crippen LogP contribution in [0.4, 0.5) is 11.4 Å². The number of rotatable bonds is 6.